The van der Waals surface area contributed by atoms with Crippen LogP contribution >= 0.6 is 0 Å². The van der Waals surface area contributed by atoms with E-state index in [0.717, 1.165) is 39.0 Å². The quantitative estimate of drug-likeness (QED) is 0.594. The van der Waals surface area contributed by atoms with Crippen LogP contribution in [-0.2, 0) is 4.79 Å². The fraction of sp³-hybridized carbons (Fsp3) is 0.417. The van der Waals surface area contributed by atoms with Crippen LogP contribution in [0.5, 0.6) is 0 Å². The van der Waals surface area contributed by atoms with Crippen molar-refractivity contribution in [2.75, 3.05) is 44.2 Å². The third kappa shape index (κ3) is 4.35. The number of hydrogen-bond acceptors (Lipinski definition) is 4. The Morgan fingerprint density at radius 3 is 2.28 bits per heavy atom. The number of likely N-dealkylation sites (tertiary alicyclic amines) is 1. The smallest absolute Gasteiger partial charge is 0.295 e. The Hall–Kier alpha value is -2.66. The molecule has 2 saturated heterocycles. The summed E-state index contributed by atoms with van der Waals surface area (Å²) < 4.78 is 0. The number of Topliss-reactive ketones (excluding diaryl/α,β-unsaturated/α-hetero) is 1. The van der Waals surface area contributed by atoms with Crippen molar-refractivity contribution in [1.29, 1.82) is 0 Å². The minimum Gasteiger partial charge on any atom is -0.369 e. The molecule has 1 amide bonds. The van der Waals surface area contributed by atoms with E-state index in [4.69, 9.17) is 0 Å². The number of piperidine rings is 1. The highest BCUT2D eigenvalue weighted by Crippen LogP contribution is 2.23. The van der Waals surface area contributed by atoms with Crippen molar-refractivity contribution in [3.05, 3.63) is 65.7 Å². The van der Waals surface area contributed by atoms with Gasteiger partial charge in [0.2, 0.25) is 5.78 Å². The molecule has 2 aromatic rings. The van der Waals surface area contributed by atoms with Crippen molar-refractivity contribution in [1.82, 2.24) is 9.80 Å². The van der Waals surface area contributed by atoms with Gasteiger partial charge in [0.25, 0.3) is 5.91 Å². The lowest BCUT2D eigenvalue weighted by Crippen LogP contribution is -2.56. The number of rotatable bonds is 4. The number of carbonyl (C=O) groups excluding carboxylic acids is 2. The summed E-state index contributed by atoms with van der Waals surface area (Å²) in [7, 11) is 0. The van der Waals surface area contributed by atoms with Crippen LogP contribution in [0, 0.1) is 6.92 Å². The first kappa shape index (κ1) is 19.6. The van der Waals surface area contributed by atoms with Crippen LogP contribution in [0.3, 0.4) is 0 Å². The average Bonchev–Trinajstić information content (AvgIpc) is 2.79. The number of benzene rings is 2. The standard InChI is InChI=1S/C24H29N3O2/c1-19-8-5-6-12-22(19)26-16-14-25(15-17-26)21-11-7-13-27(18-21)24(29)23(28)20-9-3-2-4-10-20/h2-6,8-10,12,21H,7,11,13-18H2,1H3. The molecule has 4 rings (SSSR count). The van der Waals surface area contributed by atoms with E-state index in [0.29, 0.717) is 24.7 Å². The summed E-state index contributed by atoms with van der Waals surface area (Å²) in [6.07, 6.45) is 2.05. The van der Waals surface area contributed by atoms with E-state index < -0.39 is 5.78 Å². The van der Waals surface area contributed by atoms with Crippen molar-refractivity contribution in [3.8, 4) is 0 Å². The zero-order valence-corrected chi connectivity index (χ0v) is 17.1. The predicted octanol–water partition coefficient (Wildman–Crippen LogP) is 2.99. The highest BCUT2D eigenvalue weighted by Gasteiger charge is 2.32. The predicted molar refractivity (Wildman–Crippen MR) is 115 cm³/mol. The Kier molecular flexibility index (Phi) is 5.95. The number of ketones is 1. The van der Waals surface area contributed by atoms with Gasteiger partial charge >= 0.3 is 0 Å². The molecule has 2 fully saturated rings. The Morgan fingerprint density at radius 1 is 0.862 bits per heavy atom. The second kappa shape index (κ2) is 8.78. The summed E-state index contributed by atoms with van der Waals surface area (Å²) >= 11 is 0. The summed E-state index contributed by atoms with van der Waals surface area (Å²) in [5, 5.41) is 0. The number of para-hydroxylation sites is 1. The fourth-order valence-corrected chi connectivity index (χ4v) is 4.54. The van der Waals surface area contributed by atoms with Gasteiger partial charge in [0.15, 0.2) is 0 Å². The molecule has 5 nitrogen and oxygen atoms in total. The van der Waals surface area contributed by atoms with E-state index in [2.05, 4.69) is 41.0 Å². The second-order valence-electron chi connectivity index (χ2n) is 8.05. The van der Waals surface area contributed by atoms with Crippen LogP contribution in [0.4, 0.5) is 5.69 Å². The van der Waals surface area contributed by atoms with Crippen molar-refractivity contribution in [2.45, 2.75) is 25.8 Å². The minimum atomic E-state index is -0.393. The molecule has 1 atom stereocenters. The Balaban J connectivity index is 1.35. The Morgan fingerprint density at radius 2 is 1.55 bits per heavy atom. The highest BCUT2D eigenvalue weighted by molar-refractivity contribution is 6.42. The molecule has 0 aliphatic carbocycles. The third-order valence-corrected chi connectivity index (χ3v) is 6.20. The Bertz CT molecular complexity index is 859. The fourth-order valence-electron chi connectivity index (χ4n) is 4.54. The summed E-state index contributed by atoms with van der Waals surface area (Å²) in [5.41, 5.74) is 3.11. The van der Waals surface area contributed by atoms with Gasteiger partial charge in [0.1, 0.15) is 0 Å². The average molecular weight is 392 g/mol. The topological polar surface area (TPSA) is 43.9 Å². The zero-order chi connectivity index (χ0) is 20.2. The molecule has 2 heterocycles. The molecule has 0 radical (unpaired) electrons. The number of nitrogens with zero attached hydrogens (tertiary/aromatic N) is 3. The number of anilines is 1. The van der Waals surface area contributed by atoms with E-state index in [1.165, 1.54) is 11.3 Å². The van der Waals surface area contributed by atoms with Gasteiger partial charge in [0, 0.05) is 56.6 Å². The molecule has 5 heteroatoms. The lowest BCUT2D eigenvalue weighted by molar-refractivity contribution is -0.128. The van der Waals surface area contributed by atoms with Gasteiger partial charge in [-0.3, -0.25) is 14.5 Å². The molecule has 0 spiro atoms. The zero-order valence-electron chi connectivity index (χ0n) is 17.1. The molecule has 2 aromatic carbocycles. The lowest BCUT2D eigenvalue weighted by Gasteiger charge is -2.44. The highest BCUT2D eigenvalue weighted by atomic mass is 16.2. The molecule has 2 aliphatic heterocycles. The summed E-state index contributed by atoms with van der Waals surface area (Å²) in [4.78, 5) is 32.0. The molecule has 29 heavy (non-hydrogen) atoms. The maximum absolute atomic E-state index is 12.8. The summed E-state index contributed by atoms with van der Waals surface area (Å²) in [5.74, 6) is -0.755. The lowest BCUT2D eigenvalue weighted by atomic mass is 10.0. The van der Waals surface area contributed by atoms with Gasteiger partial charge in [-0.15, -0.1) is 0 Å². The maximum atomic E-state index is 12.8. The van der Waals surface area contributed by atoms with Gasteiger partial charge in [0.05, 0.1) is 0 Å². The van der Waals surface area contributed by atoms with E-state index in [1.54, 1.807) is 29.2 Å². The molecule has 0 N–H and O–H groups in total. The molecule has 1 unspecified atom stereocenters. The second-order valence-corrected chi connectivity index (χ2v) is 8.05. The van der Waals surface area contributed by atoms with Crippen LogP contribution < -0.4 is 4.90 Å². The van der Waals surface area contributed by atoms with Gasteiger partial charge in [-0.2, -0.15) is 0 Å². The first-order valence-corrected chi connectivity index (χ1v) is 10.6. The number of amides is 1. The molecule has 0 bridgehead atoms. The van der Waals surface area contributed by atoms with Crippen LogP contribution in [0.25, 0.3) is 0 Å². The summed E-state index contributed by atoms with van der Waals surface area (Å²) in [6, 6.07) is 17.8. The van der Waals surface area contributed by atoms with E-state index in [1.807, 2.05) is 6.07 Å². The van der Waals surface area contributed by atoms with Crippen LogP contribution in [0.15, 0.2) is 54.6 Å². The van der Waals surface area contributed by atoms with E-state index in [-0.39, 0.29) is 5.91 Å². The SMILES string of the molecule is Cc1ccccc1N1CCN(C2CCCN(C(=O)C(=O)c3ccccc3)C2)CC1. The van der Waals surface area contributed by atoms with Crippen LogP contribution in [0.2, 0.25) is 0 Å². The summed E-state index contributed by atoms with van der Waals surface area (Å²) in [6.45, 7) is 7.48. The van der Waals surface area contributed by atoms with Crippen LogP contribution in [0.1, 0.15) is 28.8 Å². The molecular formula is C24H29N3O2. The minimum absolute atomic E-state index is 0.343. The number of carbonyl (C=O) groups is 2. The largest absolute Gasteiger partial charge is 0.369 e. The van der Waals surface area contributed by atoms with Gasteiger partial charge in [-0.05, 0) is 31.4 Å². The monoisotopic (exact) mass is 391 g/mol. The molecule has 152 valence electrons. The number of piperazine rings is 1. The molecule has 0 saturated carbocycles. The maximum Gasteiger partial charge on any atom is 0.295 e. The molecular weight excluding hydrogens is 362 g/mol. The number of aryl methyl sites for hydroxylation is 1. The Labute approximate surface area is 172 Å². The third-order valence-electron chi connectivity index (χ3n) is 6.20. The van der Waals surface area contributed by atoms with Crippen LogP contribution in [-0.4, -0.2) is 66.8 Å². The molecule has 0 aromatic heterocycles. The normalized spacial score (nSPS) is 20.5. The molecule has 2 aliphatic rings. The number of hydrogen-bond donors (Lipinski definition) is 0. The van der Waals surface area contributed by atoms with E-state index >= 15 is 0 Å². The first-order valence-electron chi connectivity index (χ1n) is 10.6. The van der Waals surface area contributed by atoms with Crippen molar-refractivity contribution >= 4 is 17.4 Å². The van der Waals surface area contributed by atoms with Gasteiger partial charge < -0.3 is 9.80 Å². The van der Waals surface area contributed by atoms with Gasteiger partial charge in [-0.25, -0.2) is 0 Å². The van der Waals surface area contributed by atoms with E-state index in [9.17, 15) is 9.59 Å². The van der Waals surface area contributed by atoms with Crippen molar-refractivity contribution in [2.24, 2.45) is 0 Å². The van der Waals surface area contributed by atoms with Crippen molar-refractivity contribution < 1.29 is 9.59 Å². The van der Waals surface area contributed by atoms with Gasteiger partial charge in [-0.1, -0.05) is 48.5 Å². The van der Waals surface area contributed by atoms with Crippen molar-refractivity contribution in [3.63, 3.8) is 0 Å². The first-order chi connectivity index (χ1) is 14.1.